The van der Waals surface area contributed by atoms with Gasteiger partial charge >= 0.3 is 0 Å². The zero-order chi connectivity index (χ0) is 5.98. The third kappa shape index (κ3) is 1.34. The van der Waals surface area contributed by atoms with Crippen molar-refractivity contribution in [1.29, 1.82) is 0 Å². The minimum absolute atomic E-state index is 0.339. The summed E-state index contributed by atoms with van der Waals surface area (Å²) in [4.78, 5) is 0. The van der Waals surface area contributed by atoms with Gasteiger partial charge in [-0.1, -0.05) is 19.1 Å². The molecule has 0 radical (unpaired) electrons. The lowest BCUT2D eigenvalue weighted by Gasteiger charge is -2.17. The quantitative estimate of drug-likeness (QED) is 0.432. The van der Waals surface area contributed by atoms with E-state index in [1.807, 2.05) is 0 Å². The van der Waals surface area contributed by atoms with Crippen molar-refractivity contribution < 1.29 is 4.74 Å². The first-order valence-electron chi connectivity index (χ1n) is 3.09. The van der Waals surface area contributed by atoms with Gasteiger partial charge in [0.25, 0.3) is 0 Å². The summed E-state index contributed by atoms with van der Waals surface area (Å²) in [6.07, 6.45) is 4.65. The molecule has 1 heterocycles. The molecule has 0 aromatic rings. The Morgan fingerprint density at radius 2 is 2.12 bits per heavy atom. The molecule has 1 aliphatic rings. The Kier molecular flexibility index (Phi) is 1.69. The summed E-state index contributed by atoms with van der Waals surface area (Å²) in [5, 5.41) is 0. The summed E-state index contributed by atoms with van der Waals surface area (Å²) < 4.78 is 5.30. The van der Waals surface area contributed by atoms with Gasteiger partial charge in [-0.2, -0.15) is 0 Å². The van der Waals surface area contributed by atoms with E-state index >= 15 is 0 Å². The molecule has 0 amide bonds. The molecule has 0 aliphatic carbocycles. The molecule has 2 unspecified atom stereocenters. The number of hydrogen-bond acceptors (Lipinski definition) is 1. The number of rotatable bonds is 0. The zero-order valence-corrected chi connectivity index (χ0v) is 5.42. The van der Waals surface area contributed by atoms with E-state index in [1.54, 1.807) is 0 Å². The second kappa shape index (κ2) is 2.31. The predicted molar refractivity (Wildman–Crippen MR) is 33.7 cm³/mol. The Balaban J connectivity index is 2.42. The molecule has 0 N–H and O–H groups in total. The number of ether oxygens (including phenoxy) is 1. The fourth-order valence-electron chi connectivity index (χ4n) is 0.761. The van der Waals surface area contributed by atoms with Crippen LogP contribution in [-0.4, -0.2) is 12.7 Å². The fraction of sp³-hybridized carbons (Fsp3) is 0.714. The van der Waals surface area contributed by atoms with E-state index in [0.29, 0.717) is 12.0 Å². The lowest BCUT2D eigenvalue weighted by atomic mass is 10.1. The van der Waals surface area contributed by atoms with Crippen molar-refractivity contribution in [3.05, 3.63) is 12.2 Å². The van der Waals surface area contributed by atoms with Gasteiger partial charge in [0.2, 0.25) is 0 Å². The van der Waals surface area contributed by atoms with Crippen LogP contribution in [0.1, 0.15) is 13.8 Å². The molecular formula is C7H12O. The molecule has 1 aliphatic heterocycles. The average Bonchev–Trinajstić information content (AvgIpc) is 1.77. The molecule has 1 heteroatoms. The minimum Gasteiger partial charge on any atom is -0.374 e. The van der Waals surface area contributed by atoms with Gasteiger partial charge in [0, 0.05) is 0 Å². The molecular weight excluding hydrogens is 100 g/mol. The minimum atomic E-state index is 0.339. The SMILES string of the molecule is CC1C=CC(C)OC1. The van der Waals surface area contributed by atoms with E-state index in [9.17, 15) is 0 Å². The fourth-order valence-corrected chi connectivity index (χ4v) is 0.761. The van der Waals surface area contributed by atoms with Crippen LogP contribution in [0.5, 0.6) is 0 Å². The molecule has 0 saturated heterocycles. The molecule has 0 aromatic heterocycles. The average molecular weight is 112 g/mol. The first-order valence-corrected chi connectivity index (χ1v) is 3.09. The van der Waals surface area contributed by atoms with Crippen molar-refractivity contribution in [2.24, 2.45) is 5.92 Å². The molecule has 1 nitrogen and oxygen atoms in total. The highest BCUT2D eigenvalue weighted by Gasteiger charge is 2.06. The van der Waals surface area contributed by atoms with Crippen LogP contribution < -0.4 is 0 Å². The molecule has 0 saturated carbocycles. The Morgan fingerprint density at radius 3 is 2.50 bits per heavy atom. The van der Waals surface area contributed by atoms with Gasteiger partial charge in [-0.25, -0.2) is 0 Å². The molecule has 46 valence electrons. The molecule has 0 spiro atoms. The third-order valence-corrected chi connectivity index (χ3v) is 1.33. The Bertz CT molecular complexity index is 84.6. The van der Waals surface area contributed by atoms with Crippen molar-refractivity contribution in [2.75, 3.05) is 6.61 Å². The molecule has 0 bridgehead atoms. The maximum absolute atomic E-state index is 5.30. The molecule has 2 atom stereocenters. The second-order valence-electron chi connectivity index (χ2n) is 2.40. The van der Waals surface area contributed by atoms with Gasteiger partial charge in [0.1, 0.15) is 0 Å². The second-order valence-corrected chi connectivity index (χ2v) is 2.40. The highest BCUT2D eigenvalue weighted by atomic mass is 16.5. The number of hydrogen-bond donors (Lipinski definition) is 0. The molecule has 0 aromatic carbocycles. The van der Waals surface area contributed by atoms with E-state index in [4.69, 9.17) is 4.74 Å². The molecule has 0 fully saturated rings. The van der Waals surface area contributed by atoms with Gasteiger partial charge in [-0.05, 0) is 12.8 Å². The van der Waals surface area contributed by atoms with Crippen LogP contribution in [-0.2, 0) is 4.74 Å². The van der Waals surface area contributed by atoms with E-state index in [2.05, 4.69) is 26.0 Å². The van der Waals surface area contributed by atoms with E-state index in [-0.39, 0.29) is 0 Å². The summed E-state index contributed by atoms with van der Waals surface area (Å²) in [5.74, 6) is 0.617. The van der Waals surface area contributed by atoms with Crippen molar-refractivity contribution in [1.82, 2.24) is 0 Å². The molecule has 8 heavy (non-hydrogen) atoms. The van der Waals surface area contributed by atoms with Gasteiger partial charge < -0.3 is 4.74 Å². The van der Waals surface area contributed by atoms with Crippen molar-refractivity contribution in [3.8, 4) is 0 Å². The topological polar surface area (TPSA) is 9.23 Å². The van der Waals surface area contributed by atoms with E-state index in [1.165, 1.54) is 0 Å². The van der Waals surface area contributed by atoms with Crippen LogP contribution in [0.25, 0.3) is 0 Å². The predicted octanol–water partition coefficient (Wildman–Crippen LogP) is 1.60. The van der Waals surface area contributed by atoms with Crippen LogP contribution in [0.15, 0.2) is 12.2 Å². The van der Waals surface area contributed by atoms with Crippen molar-refractivity contribution >= 4 is 0 Å². The summed E-state index contributed by atoms with van der Waals surface area (Å²) in [7, 11) is 0. The monoisotopic (exact) mass is 112 g/mol. The van der Waals surface area contributed by atoms with Gasteiger partial charge in [0.05, 0.1) is 12.7 Å². The Morgan fingerprint density at radius 1 is 1.38 bits per heavy atom. The van der Waals surface area contributed by atoms with E-state index < -0.39 is 0 Å². The lowest BCUT2D eigenvalue weighted by molar-refractivity contribution is 0.0709. The van der Waals surface area contributed by atoms with Gasteiger partial charge in [0.15, 0.2) is 0 Å². The van der Waals surface area contributed by atoms with Crippen LogP contribution in [0.2, 0.25) is 0 Å². The Labute approximate surface area is 50.3 Å². The highest BCUT2D eigenvalue weighted by molar-refractivity contribution is 4.94. The summed E-state index contributed by atoms with van der Waals surface area (Å²) in [6.45, 7) is 5.10. The summed E-state index contributed by atoms with van der Waals surface area (Å²) in [6, 6.07) is 0. The van der Waals surface area contributed by atoms with Gasteiger partial charge in [-0.3, -0.25) is 0 Å². The normalized spacial score (nSPS) is 37.8. The van der Waals surface area contributed by atoms with Crippen molar-refractivity contribution in [3.63, 3.8) is 0 Å². The maximum Gasteiger partial charge on any atom is 0.0728 e. The first kappa shape index (κ1) is 5.83. The third-order valence-electron chi connectivity index (χ3n) is 1.33. The standard InChI is InChI=1S/C7H12O/c1-6-3-4-7(2)8-5-6/h3-4,6-7H,5H2,1-2H3. The highest BCUT2D eigenvalue weighted by Crippen LogP contribution is 2.08. The zero-order valence-electron chi connectivity index (χ0n) is 5.42. The van der Waals surface area contributed by atoms with Crippen LogP contribution in [0, 0.1) is 5.92 Å². The first-order chi connectivity index (χ1) is 3.79. The smallest absolute Gasteiger partial charge is 0.0728 e. The van der Waals surface area contributed by atoms with Crippen LogP contribution >= 0.6 is 0 Å². The van der Waals surface area contributed by atoms with Crippen molar-refractivity contribution in [2.45, 2.75) is 20.0 Å². The summed E-state index contributed by atoms with van der Waals surface area (Å²) in [5.41, 5.74) is 0. The Hall–Kier alpha value is -0.300. The maximum atomic E-state index is 5.30. The van der Waals surface area contributed by atoms with Crippen LogP contribution in [0.4, 0.5) is 0 Å². The summed E-state index contributed by atoms with van der Waals surface area (Å²) >= 11 is 0. The van der Waals surface area contributed by atoms with E-state index in [0.717, 1.165) is 6.61 Å². The van der Waals surface area contributed by atoms with Gasteiger partial charge in [-0.15, -0.1) is 0 Å². The lowest BCUT2D eigenvalue weighted by Crippen LogP contribution is -2.15. The molecule has 1 rings (SSSR count). The van der Waals surface area contributed by atoms with Crippen LogP contribution in [0.3, 0.4) is 0 Å². The largest absolute Gasteiger partial charge is 0.374 e.